The van der Waals surface area contributed by atoms with Crippen LogP contribution in [0.15, 0.2) is 30.3 Å². The fourth-order valence-corrected chi connectivity index (χ4v) is 4.56. The van der Waals surface area contributed by atoms with Crippen LogP contribution in [0.25, 0.3) is 10.9 Å². The topological polar surface area (TPSA) is 68.4 Å². The number of carbonyl (C=O) groups excluding carboxylic acids is 2. The maximum atomic E-state index is 12.7. The van der Waals surface area contributed by atoms with Crippen LogP contribution in [-0.2, 0) is 4.79 Å². The monoisotopic (exact) mass is 372 g/mol. The Morgan fingerprint density at radius 2 is 1.88 bits per heavy atom. The number of thioether (sulfide) groups is 1. The molecule has 4 rings (SSSR count). The zero-order valence-corrected chi connectivity index (χ0v) is 15.6. The molecule has 2 saturated heterocycles. The van der Waals surface area contributed by atoms with Gasteiger partial charge < -0.3 is 20.1 Å². The third kappa shape index (κ3) is 3.73. The summed E-state index contributed by atoms with van der Waals surface area (Å²) in [5.74, 6) is 2.34. The Hall–Kier alpha value is -1.99. The van der Waals surface area contributed by atoms with E-state index in [0.717, 1.165) is 29.0 Å². The van der Waals surface area contributed by atoms with Crippen molar-refractivity contribution < 1.29 is 9.59 Å². The van der Waals surface area contributed by atoms with Gasteiger partial charge in [0.25, 0.3) is 5.91 Å². The van der Waals surface area contributed by atoms with Crippen LogP contribution >= 0.6 is 11.8 Å². The van der Waals surface area contributed by atoms with E-state index >= 15 is 0 Å². The molecule has 1 atom stereocenters. The van der Waals surface area contributed by atoms with Crippen molar-refractivity contribution in [2.75, 3.05) is 44.2 Å². The number of nitrogens with one attached hydrogen (secondary N) is 2. The Kier molecular flexibility index (Phi) is 5.17. The summed E-state index contributed by atoms with van der Waals surface area (Å²) in [7, 11) is 0. The number of amides is 2. The Morgan fingerprint density at radius 1 is 1.12 bits per heavy atom. The minimum absolute atomic E-state index is 0.0126. The molecule has 0 aliphatic carbocycles. The van der Waals surface area contributed by atoms with Crippen LogP contribution < -0.4 is 5.32 Å². The van der Waals surface area contributed by atoms with Gasteiger partial charge in [-0.3, -0.25) is 9.59 Å². The maximum Gasteiger partial charge on any atom is 0.270 e. The number of aromatic nitrogens is 1. The van der Waals surface area contributed by atoms with Crippen LogP contribution in [0.4, 0.5) is 0 Å². The van der Waals surface area contributed by atoms with Crippen LogP contribution in [0.2, 0.25) is 0 Å². The highest BCUT2D eigenvalue weighted by Gasteiger charge is 2.27. The molecule has 138 valence electrons. The summed E-state index contributed by atoms with van der Waals surface area (Å²) in [4.78, 5) is 32.2. The van der Waals surface area contributed by atoms with E-state index < -0.39 is 0 Å². The predicted molar refractivity (Wildman–Crippen MR) is 105 cm³/mol. The molecule has 1 unspecified atom stereocenters. The molecule has 2 N–H and O–H groups in total. The third-order valence-corrected chi connectivity index (χ3v) is 6.23. The normalized spacial score (nSPS) is 21.2. The number of nitrogens with zero attached hydrogens (tertiary/aromatic N) is 2. The molecule has 1 aromatic carbocycles. The van der Waals surface area contributed by atoms with Crippen molar-refractivity contribution >= 4 is 34.5 Å². The Balaban J connectivity index is 1.32. The number of aromatic amines is 1. The molecular formula is C19H24N4O2S. The quantitative estimate of drug-likeness (QED) is 0.858. The number of H-pyrrole nitrogens is 1. The number of para-hydroxylation sites is 1. The van der Waals surface area contributed by atoms with Crippen molar-refractivity contribution in [3.63, 3.8) is 0 Å². The van der Waals surface area contributed by atoms with Crippen molar-refractivity contribution in [2.24, 2.45) is 0 Å². The predicted octanol–water partition coefficient (Wildman–Crippen LogP) is 1.55. The summed E-state index contributed by atoms with van der Waals surface area (Å²) in [6, 6.07) is 10.1. The highest BCUT2D eigenvalue weighted by Crippen LogP contribution is 2.17. The summed E-state index contributed by atoms with van der Waals surface area (Å²) >= 11 is 1.91. The van der Waals surface area contributed by atoms with Gasteiger partial charge in [-0.15, -0.1) is 0 Å². The molecule has 2 aliphatic heterocycles. The first-order chi connectivity index (χ1) is 12.7. The fraction of sp³-hybridized carbons (Fsp3) is 0.474. The van der Waals surface area contributed by atoms with Crippen molar-refractivity contribution in [2.45, 2.75) is 12.5 Å². The number of hydrogen-bond donors (Lipinski definition) is 2. The summed E-state index contributed by atoms with van der Waals surface area (Å²) in [6.07, 6.45) is 0.558. The van der Waals surface area contributed by atoms with Gasteiger partial charge in [0.2, 0.25) is 5.91 Å². The zero-order valence-electron chi connectivity index (χ0n) is 14.7. The lowest BCUT2D eigenvalue weighted by atomic mass is 10.2. The van der Waals surface area contributed by atoms with Gasteiger partial charge in [0.1, 0.15) is 5.69 Å². The summed E-state index contributed by atoms with van der Waals surface area (Å²) in [6.45, 7) is 3.39. The SMILES string of the molecule is O=C(CC1CSCCN1)N1CCN(C(=O)c2cc3ccccc3[nH]2)CC1. The fourth-order valence-electron chi connectivity index (χ4n) is 3.61. The molecule has 2 aromatic rings. The first-order valence-corrected chi connectivity index (χ1v) is 10.3. The van der Waals surface area contributed by atoms with E-state index in [1.54, 1.807) is 0 Å². The van der Waals surface area contributed by atoms with Crippen LogP contribution in [0, 0.1) is 0 Å². The number of piperazine rings is 1. The molecular weight excluding hydrogens is 348 g/mol. The van der Waals surface area contributed by atoms with Crippen molar-refractivity contribution in [1.82, 2.24) is 20.1 Å². The Bertz CT molecular complexity index is 759. The lowest BCUT2D eigenvalue weighted by Crippen LogP contribution is -2.52. The lowest BCUT2D eigenvalue weighted by molar-refractivity contribution is -0.133. The van der Waals surface area contributed by atoms with E-state index in [-0.39, 0.29) is 17.9 Å². The zero-order chi connectivity index (χ0) is 17.9. The summed E-state index contributed by atoms with van der Waals surface area (Å²) < 4.78 is 0. The van der Waals surface area contributed by atoms with Crippen molar-refractivity contribution in [3.05, 3.63) is 36.0 Å². The molecule has 0 spiro atoms. The van der Waals surface area contributed by atoms with E-state index in [1.165, 1.54) is 0 Å². The van der Waals surface area contributed by atoms with Crippen LogP contribution in [-0.4, -0.2) is 76.9 Å². The highest BCUT2D eigenvalue weighted by atomic mass is 32.2. The maximum absolute atomic E-state index is 12.7. The second kappa shape index (κ2) is 7.72. The highest BCUT2D eigenvalue weighted by molar-refractivity contribution is 7.99. The summed E-state index contributed by atoms with van der Waals surface area (Å²) in [5.41, 5.74) is 1.59. The summed E-state index contributed by atoms with van der Waals surface area (Å²) in [5, 5.41) is 4.46. The smallest absolute Gasteiger partial charge is 0.270 e. The van der Waals surface area contributed by atoms with Gasteiger partial charge in [0.05, 0.1) is 0 Å². The molecule has 0 bridgehead atoms. The van der Waals surface area contributed by atoms with E-state index in [4.69, 9.17) is 0 Å². The molecule has 0 radical (unpaired) electrons. The van der Waals surface area contributed by atoms with Crippen molar-refractivity contribution in [1.29, 1.82) is 0 Å². The van der Waals surface area contributed by atoms with Crippen molar-refractivity contribution in [3.8, 4) is 0 Å². The largest absolute Gasteiger partial charge is 0.351 e. The van der Waals surface area contributed by atoms with E-state index in [1.807, 2.05) is 51.9 Å². The van der Waals surface area contributed by atoms with E-state index in [0.29, 0.717) is 38.3 Å². The van der Waals surface area contributed by atoms with Gasteiger partial charge in [-0.05, 0) is 12.1 Å². The molecule has 0 saturated carbocycles. The first kappa shape index (κ1) is 17.4. The molecule has 3 heterocycles. The van der Waals surface area contributed by atoms with E-state index in [2.05, 4.69) is 10.3 Å². The molecule has 1 aromatic heterocycles. The average molecular weight is 372 g/mol. The number of benzene rings is 1. The Morgan fingerprint density at radius 3 is 2.62 bits per heavy atom. The number of hydrogen-bond acceptors (Lipinski definition) is 4. The van der Waals surface area contributed by atoms with Crippen LogP contribution in [0.3, 0.4) is 0 Å². The minimum atomic E-state index is 0.0126. The van der Waals surface area contributed by atoms with Gasteiger partial charge in [-0.2, -0.15) is 11.8 Å². The van der Waals surface area contributed by atoms with Crippen LogP contribution in [0.1, 0.15) is 16.9 Å². The molecule has 2 aliphatic rings. The Labute approximate surface area is 157 Å². The second-order valence-electron chi connectivity index (χ2n) is 6.87. The molecule has 26 heavy (non-hydrogen) atoms. The number of carbonyl (C=O) groups is 2. The third-order valence-electron chi connectivity index (χ3n) is 5.10. The van der Waals surface area contributed by atoms with Gasteiger partial charge in [0.15, 0.2) is 0 Å². The molecule has 7 heteroatoms. The van der Waals surface area contributed by atoms with Crippen LogP contribution in [0.5, 0.6) is 0 Å². The second-order valence-corrected chi connectivity index (χ2v) is 8.02. The molecule has 6 nitrogen and oxygen atoms in total. The average Bonchev–Trinajstić information content (AvgIpc) is 3.12. The number of rotatable bonds is 3. The number of fused-ring (bicyclic) bond motifs is 1. The van der Waals surface area contributed by atoms with Gasteiger partial charge in [-0.1, -0.05) is 18.2 Å². The minimum Gasteiger partial charge on any atom is -0.351 e. The van der Waals surface area contributed by atoms with Gasteiger partial charge >= 0.3 is 0 Å². The van der Waals surface area contributed by atoms with Gasteiger partial charge in [0, 0.05) is 67.6 Å². The van der Waals surface area contributed by atoms with Gasteiger partial charge in [-0.25, -0.2) is 0 Å². The lowest BCUT2D eigenvalue weighted by Gasteiger charge is -2.35. The first-order valence-electron chi connectivity index (χ1n) is 9.16. The van der Waals surface area contributed by atoms with E-state index in [9.17, 15) is 9.59 Å². The molecule has 2 amide bonds. The standard InChI is InChI=1S/C19H24N4O2S/c24-18(12-15-13-26-10-5-20-15)22-6-8-23(9-7-22)19(25)17-11-14-3-1-2-4-16(14)21-17/h1-4,11,15,20-21H,5-10,12-13H2. The molecule has 2 fully saturated rings.